The lowest BCUT2D eigenvalue weighted by Gasteiger charge is -2.31. The molecule has 0 saturated heterocycles. The number of methoxy groups -OCH3 is 1. The van der Waals surface area contributed by atoms with Crippen LogP contribution in [0, 0.1) is 5.92 Å². The Bertz CT molecular complexity index is 1190. The number of ether oxygens (including phenoxy) is 1. The van der Waals surface area contributed by atoms with Crippen LogP contribution in [-0.4, -0.2) is 57.6 Å². The molecule has 1 N–H and O–H groups in total. The molecule has 38 heavy (non-hydrogen) atoms. The van der Waals surface area contributed by atoms with Gasteiger partial charge in [-0.1, -0.05) is 50.0 Å². The highest BCUT2D eigenvalue weighted by Gasteiger charge is 2.29. The van der Waals surface area contributed by atoms with Crippen LogP contribution >= 0.6 is 23.2 Å². The Morgan fingerprint density at radius 2 is 1.71 bits per heavy atom. The van der Waals surface area contributed by atoms with Gasteiger partial charge in [0.25, 0.3) is 0 Å². The summed E-state index contributed by atoms with van der Waals surface area (Å²) in [5, 5.41) is 3.68. The molecular formula is C27H37Cl2N3O5S. The summed E-state index contributed by atoms with van der Waals surface area (Å²) in [7, 11) is -2.05. The van der Waals surface area contributed by atoms with Gasteiger partial charge in [-0.2, -0.15) is 0 Å². The van der Waals surface area contributed by atoms with Crippen molar-refractivity contribution in [1.82, 2.24) is 10.2 Å². The number of carbonyl (C=O) groups excluding carboxylic acids is 2. The van der Waals surface area contributed by atoms with Crippen LogP contribution in [0.2, 0.25) is 10.0 Å². The molecule has 0 aliphatic heterocycles. The summed E-state index contributed by atoms with van der Waals surface area (Å²) in [6.45, 7) is 6.61. The first-order valence-electron chi connectivity index (χ1n) is 12.5. The molecule has 8 nitrogen and oxygen atoms in total. The second kappa shape index (κ2) is 14.6. The van der Waals surface area contributed by atoms with Gasteiger partial charge < -0.3 is 15.0 Å². The summed E-state index contributed by atoms with van der Waals surface area (Å²) in [5.41, 5.74) is 1.21. The molecule has 2 aromatic carbocycles. The molecule has 2 amide bonds. The van der Waals surface area contributed by atoms with Crippen LogP contribution in [0.3, 0.4) is 0 Å². The van der Waals surface area contributed by atoms with Gasteiger partial charge in [-0.15, -0.1) is 0 Å². The maximum absolute atomic E-state index is 13.5. The number of nitrogens with one attached hydrogen (secondary N) is 1. The molecule has 0 aliphatic rings. The first-order valence-corrected chi connectivity index (χ1v) is 15.1. The fraction of sp³-hybridized carbons (Fsp3) is 0.481. The van der Waals surface area contributed by atoms with Crippen LogP contribution < -0.4 is 14.4 Å². The van der Waals surface area contributed by atoms with E-state index in [1.54, 1.807) is 42.5 Å². The molecule has 0 radical (unpaired) electrons. The van der Waals surface area contributed by atoms with E-state index in [0.29, 0.717) is 34.4 Å². The predicted molar refractivity (Wildman–Crippen MR) is 153 cm³/mol. The summed E-state index contributed by atoms with van der Waals surface area (Å²) in [6, 6.07) is 11.1. The zero-order valence-corrected chi connectivity index (χ0v) is 24.9. The zero-order valence-electron chi connectivity index (χ0n) is 22.5. The number of anilines is 1. The van der Waals surface area contributed by atoms with Gasteiger partial charge in [-0.05, 0) is 60.7 Å². The highest BCUT2D eigenvalue weighted by Crippen LogP contribution is 2.25. The lowest BCUT2D eigenvalue weighted by atomic mass is 10.1. The number of halogens is 2. The van der Waals surface area contributed by atoms with Crippen molar-refractivity contribution in [2.45, 2.75) is 52.6 Å². The normalized spacial score (nSPS) is 12.2. The van der Waals surface area contributed by atoms with Crippen molar-refractivity contribution in [3.63, 3.8) is 0 Å². The van der Waals surface area contributed by atoms with Crippen molar-refractivity contribution in [2.24, 2.45) is 5.92 Å². The molecule has 0 saturated carbocycles. The number of nitrogens with zero attached hydrogens (tertiary/aromatic N) is 2. The quantitative estimate of drug-likeness (QED) is 0.331. The Balaban J connectivity index is 2.23. The molecule has 11 heteroatoms. The monoisotopic (exact) mass is 585 g/mol. The van der Waals surface area contributed by atoms with Crippen LogP contribution in [0.25, 0.3) is 0 Å². The van der Waals surface area contributed by atoms with Crippen LogP contribution in [0.5, 0.6) is 5.75 Å². The third-order valence-electron chi connectivity index (χ3n) is 5.92. The van der Waals surface area contributed by atoms with Crippen LogP contribution in [0.1, 0.15) is 45.6 Å². The Morgan fingerprint density at radius 3 is 2.24 bits per heavy atom. The molecule has 0 heterocycles. The van der Waals surface area contributed by atoms with Gasteiger partial charge in [0.1, 0.15) is 11.8 Å². The SMILES string of the molecule is CC[C@H](C(=O)NCC(C)C)N(Cc1ccc(Cl)c(Cl)c1)C(=O)CCCN(c1ccc(OC)cc1)S(C)(=O)=O. The summed E-state index contributed by atoms with van der Waals surface area (Å²) in [6.07, 6.45) is 1.86. The smallest absolute Gasteiger partial charge is 0.242 e. The topological polar surface area (TPSA) is 96.0 Å². The van der Waals surface area contributed by atoms with E-state index >= 15 is 0 Å². The Morgan fingerprint density at radius 1 is 1.05 bits per heavy atom. The van der Waals surface area contributed by atoms with Crippen LogP contribution in [0.15, 0.2) is 42.5 Å². The molecule has 0 aliphatic carbocycles. The molecular weight excluding hydrogens is 549 g/mol. The average Bonchev–Trinajstić information content (AvgIpc) is 2.86. The van der Waals surface area contributed by atoms with Crippen molar-refractivity contribution >= 4 is 50.7 Å². The fourth-order valence-electron chi connectivity index (χ4n) is 3.93. The summed E-state index contributed by atoms with van der Waals surface area (Å²) in [5.74, 6) is 0.378. The minimum Gasteiger partial charge on any atom is -0.497 e. The van der Waals surface area contributed by atoms with Crippen molar-refractivity contribution in [3.05, 3.63) is 58.1 Å². The molecule has 210 valence electrons. The van der Waals surface area contributed by atoms with Crippen molar-refractivity contribution in [2.75, 3.05) is 30.8 Å². The van der Waals surface area contributed by atoms with Crippen molar-refractivity contribution < 1.29 is 22.7 Å². The number of hydrogen-bond acceptors (Lipinski definition) is 5. The van der Waals surface area contributed by atoms with Gasteiger partial charge in [-0.25, -0.2) is 8.42 Å². The van der Waals surface area contributed by atoms with E-state index in [9.17, 15) is 18.0 Å². The van der Waals surface area contributed by atoms with Gasteiger partial charge in [0.15, 0.2) is 0 Å². The highest BCUT2D eigenvalue weighted by molar-refractivity contribution is 7.92. The fourth-order valence-corrected chi connectivity index (χ4v) is 5.22. The lowest BCUT2D eigenvalue weighted by Crippen LogP contribution is -2.49. The second-order valence-corrected chi connectivity index (χ2v) is 12.2. The first-order chi connectivity index (χ1) is 17.9. The third kappa shape index (κ3) is 9.36. The van der Waals surface area contributed by atoms with Gasteiger partial charge in [-0.3, -0.25) is 13.9 Å². The van der Waals surface area contributed by atoms with Gasteiger partial charge in [0.05, 0.1) is 29.1 Å². The molecule has 0 bridgehead atoms. The third-order valence-corrected chi connectivity index (χ3v) is 7.85. The number of rotatable bonds is 14. The minimum absolute atomic E-state index is 0.0530. The van der Waals surface area contributed by atoms with Gasteiger partial charge in [0.2, 0.25) is 21.8 Å². The number of carbonyl (C=O) groups is 2. The standard InChI is InChI=1S/C27H37Cl2N3O5S/c1-6-25(27(34)30-17-19(2)3)31(18-20-9-14-23(28)24(29)16-20)26(33)8-7-15-32(38(5,35)36)21-10-12-22(37-4)13-11-21/h9-14,16,19,25H,6-8,15,17-18H2,1-5H3,(H,30,34)/t25-/m1/s1. The molecule has 0 fully saturated rings. The van der Waals surface area contributed by atoms with Crippen LogP contribution in [-0.2, 0) is 26.2 Å². The maximum Gasteiger partial charge on any atom is 0.242 e. The van der Waals surface area contributed by atoms with E-state index in [0.717, 1.165) is 11.8 Å². The van der Waals surface area contributed by atoms with E-state index in [1.165, 1.54) is 16.3 Å². The minimum atomic E-state index is -3.59. The maximum atomic E-state index is 13.5. The molecule has 2 aromatic rings. The Labute approximate surface area is 236 Å². The van der Waals surface area contributed by atoms with E-state index < -0.39 is 16.1 Å². The number of amides is 2. The number of sulfonamides is 1. The first kappa shape index (κ1) is 31.7. The Hall–Kier alpha value is -2.49. The van der Waals surface area contributed by atoms with Crippen molar-refractivity contribution in [1.29, 1.82) is 0 Å². The second-order valence-electron chi connectivity index (χ2n) is 9.47. The summed E-state index contributed by atoms with van der Waals surface area (Å²) < 4.78 is 31.4. The van der Waals surface area contributed by atoms with Crippen LogP contribution in [0.4, 0.5) is 5.69 Å². The predicted octanol–water partition coefficient (Wildman–Crippen LogP) is 5.13. The molecule has 0 unspecified atom stereocenters. The largest absolute Gasteiger partial charge is 0.497 e. The van der Waals surface area contributed by atoms with E-state index in [-0.39, 0.29) is 43.7 Å². The van der Waals surface area contributed by atoms with Crippen molar-refractivity contribution in [3.8, 4) is 5.75 Å². The summed E-state index contributed by atoms with van der Waals surface area (Å²) in [4.78, 5) is 28.1. The highest BCUT2D eigenvalue weighted by atomic mass is 35.5. The molecule has 1 atom stereocenters. The molecule has 0 aromatic heterocycles. The number of hydrogen-bond donors (Lipinski definition) is 1. The van der Waals surface area contributed by atoms with E-state index in [1.807, 2.05) is 20.8 Å². The average molecular weight is 587 g/mol. The zero-order chi connectivity index (χ0) is 28.5. The van der Waals surface area contributed by atoms with Gasteiger partial charge >= 0.3 is 0 Å². The van der Waals surface area contributed by atoms with E-state index in [4.69, 9.17) is 27.9 Å². The van der Waals surface area contributed by atoms with E-state index in [2.05, 4.69) is 5.32 Å². The molecule has 2 rings (SSSR count). The molecule has 0 spiro atoms. The Kier molecular flexibility index (Phi) is 12.2. The summed E-state index contributed by atoms with van der Waals surface area (Å²) >= 11 is 12.2. The van der Waals surface area contributed by atoms with Gasteiger partial charge in [0, 0.05) is 26.1 Å². The lowest BCUT2D eigenvalue weighted by molar-refractivity contribution is -0.141. The number of benzene rings is 2.